The molecule has 1 fully saturated rings. The zero-order chi connectivity index (χ0) is 13.3. The van der Waals surface area contributed by atoms with Gasteiger partial charge in [0.25, 0.3) is 0 Å². The van der Waals surface area contributed by atoms with Crippen molar-refractivity contribution in [2.24, 2.45) is 0 Å². The van der Waals surface area contributed by atoms with E-state index in [2.05, 4.69) is 10.6 Å². The lowest BCUT2D eigenvalue weighted by molar-refractivity contribution is -0.122. The van der Waals surface area contributed by atoms with Gasteiger partial charge in [0, 0.05) is 6.42 Å². The molecule has 1 aliphatic heterocycles. The highest BCUT2D eigenvalue weighted by atomic mass is 35.5. The average Bonchev–Trinajstić information content (AvgIpc) is 2.70. The number of carbonyl (C=O) groups is 2. The van der Waals surface area contributed by atoms with Crippen molar-refractivity contribution in [2.75, 3.05) is 5.32 Å². The number of carbonyl (C=O) groups excluding carboxylic acids is 2. The number of anilines is 1. The van der Waals surface area contributed by atoms with Gasteiger partial charge >= 0.3 is 0 Å². The third-order valence-corrected chi connectivity index (χ3v) is 3.29. The molecule has 0 bridgehead atoms. The van der Waals surface area contributed by atoms with E-state index in [1.807, 2.05) is 19.9 Å². The van der Waals surface area contributed by atoms with E-state index in [1.165, 1.54) is 0 Å². The molecule has 5 heteroatoms. The molecule has 1 aromatic rings. The van der Waals surface area contributed by atoms with Crippen LogP contribution in [-0.4, -0.2) is 17.9 Å². The van der Waals surface area contributed by atoms with Gasteiger partial charge in [-0.25, -0.2) is 0 Å². The first-order valence-corrected chi connectivity index (χ1v) is 6.22. The number of amides is 2. The van der Waals surface area contributed by atoms with Crippen molar-refractivity contribution < 1.29 is 9.59 Å². The number of benzene rings is 1. The molecule has 2 N–H and O–H groups in total. The zero-order valence-electron chi connectivity index (χ0n) is 10.3. The Balaban J connectivity index is 2.14. The molecule has 0 saturated carbocycles. The van der Waals surface area contributed by atoms with E-state index in [9.17, 15) is 9.59 Å². The monoisotopic (exact) mass is 266 g/mol. The molecule has 2 amide bonds. The minimum atomic E-state index is -0.450. The highest BCUT2D eigenvalue weighted by molar-refractivity contribution is 6.34. The second kappa shape index (κ2) is 4.98. The van der Waals surface area contributed by atoms with Gasteiger partial charge in [-0.1, -0.05) is 17.7 Å². The minimum Gasteiger partial charge on any atom is -0.344 e. The second-order valence-corrected chi connectivity index (χ2v) is 4.99. The van der Waals surface area contributed by atoms with Crippen molar-refractivity contribution in [1.29, 1.82) is 0 Å². The van der Waals surface area contributed by atoms with Crippen LogP contribution in [0.5, 0.6) is 0 Å². The predicted molar refractivity (Wildman–Crippen MR) is 70.7 cm³/mol. The van der Waals surface area contributed by atoms with Crippen LogP contribution in [0.4, 0.5) is 5.69 Å². The van der Waals surface area contributed by atoms with Gasteiger partial charge in [-0.05, 0) is 37.5 Å². The van der Waals surface area contributed by atoms with E-state index in [0.29, 0.717) is 23.6 Å². The van der Waals surface area contributed by atoms with Crippen LogP contribution in [0.15, 0.2) is 12.1 Å². The first kappa shape index (κ1) is 12.9. The quantitative estimate of drug-likeness (QED) is 0.862. The summed E-state index contributed by atoms with van der Waals surface area (Å²) in [6, 6.07) is 3.31. The van der Waals surface area contributed by atoms with Crippen molar-refractivity contribution in [2.45, 2.75) is 32.7 Å². The van der Waals surface area contributed by atoms with Gasteiger partial charge in [-0.15, -0.1) is 0 Å². The van der Waals surface area contributed by atoms with Crippen molar-refractivity contribution >= 4 is 29.1 Å². The topological polar surface area (TPSA) is 58.2 Å². The zero-order valence-corrected chi connectivity index (χ0v) is 11.1. The molecule has 1 heterocycles. The summed E-state index contributed by atoms with van der Waals surface area (Å²) in [4.78, 5) is 23.0. The highest BCUT2D eigenvalue weighted by Gasteiger charge is 2.27. The maximum absolute atomic E-state index is 12.0. The molecule has 4 nitrogen and oxygen atoms in total. The Bertz CT molecular complexity index is 491. The van der Waals surface area contributed by atoms with Crippen LogP contribution in [0.2, 0.25) is 5.02 Å². The van der Waals surface area contributed by atoms with Crippen molar-refractivity contribution in [3.63, 3.8) is 0 Å². The molecule has 0 spiro atoms. The van der Waals surface area contributed by atoms with E-state index >= 15 is 0 Å². The molecule has 1 saturated heterocycles. The fourth-order valence-corrected chi connectivity index (χ4v) is 2.46. The summed E-state index contributed by atoms with van der Waals surface area (Å²) in [5.41, 5.74) is 2.58. The second-order valence-electron chi connectivity index (χ2n) is 4.59. The van der Waals surface area contributed by atoms with Crippen molar-refractivity contribution in [3.05, 3.63) is 28.3 Å². The van der Waals surface area contributed by atoms with Crippen LogP contribution < -0.4 is 10.6 Å². The lowest BCUT2D eigenvalue weighted by Gasteiger charge is -2.14. The predicted octanol–water partition coefficient (Wildman–Crippen LogP) is 2.17. The summed E-state index contributed by atoms with van der Waals surface area (Å²) in [7, 11) is 0. The Morgan fingerprint density at radius 1 is 1.44 bits per heavy atom. The number of nitrogens with one attached hydrogen (secondary N) is 2. The smallest absolute Gasteiger partial charge is 0.247 e. The van der Waals surface area contributed by atoms with E-state index in [4.69, 9.17) is 11.6 Å². The first-order valence-electron chi connectivity index (χ1n) is 5.84. The molecule has 1 aliphatic rings. The Hall–Kier alpha value is -1.55. The maximum atomic E-state index is 12.0. The molecule has 0 radical (unpaired) electrons. The molecule has 2 rings (SSSR count). The third kappa shape index (κ3) is 2.64. The lowest BCUT2D eigenvalue weighted by atomic mass is 10.1. The van der Waals surface area contributed by atoms with Crippen LogP contribution in [0.25, 0.3) is 0 Å². The van der Waals surface area contributed by atoms with E-state index < -0.39 is 6.04 Å². The van der Waals surface area contributed by atoms with Gasteiger partial charge in [-0.3, -0.25) is 9.59 Å². The molecule has 1 unspecified atom stereocenters. The fraction of sp³-hybridized carbons (Fsp3) is 0.385. The summed E-state index contributed by atoms with van der Waals surface area (Å²) < 4.78 is 0. The first-order chi connectivity index (χ1) is 8.47. The standard InChI is InChI=1S/C13H15ClN2O2/c1-7-5-8(2)12(9(14)6-7)16-13(18)10-3-4-11(17)15-10/h5-6,10H,3-4H2,1-2H3,(H,15,17)(H,16,18). The average molecular weight is 267 g/mol. The number of halogens is 1. The fourth-order valence-electron chi connectivity index (χ4n) is 2.10. The molecule has 0 aromatic heterocycles. The summed E-state index contributed by atoms with van der Waals surface area (Å²) >= 11 is 6.11. The van der Waals surface area contributed by atoms with Gasteiger partial charge in [0.1, 0.15) is 6.04 Å². The minimum absolute atomic E-state index is 0.0816. The van der Waals surface area contributed by atoms with E-state index in [-0.39, 0.29) is 11.8 Å². The van der Waals surface area contributed by atoms with Gasteiger partial charge in [0.2, 0.25) is 11.8 Å². The number of hydrogen-bond donors (Lipinski definition) is 2. The number of rotatable bonds is 2. The summed E-state index contributed by atoms with van der Waals surface area (Å²) in [6.07, 6.45) is 0.936. The van der Waals surface area contributed by atoms with Crippen LogP contribution in [-0.2, 0) is 9.59 Å². The Kier molecular flexibility index (Phi) is 3.57. The molecule has 1 atom stereocenters. The SMILES string of the molecule is Cc1cc(C)c(NC(=O)C2CCC(=O)N2)c(Cl)c1. The summed E-state index contributed by atoms with van der Waals surface area (Å²) in [5, 5.41) is 5.93. The molecule has 18 heavy (non-hydrogen) atoms. The van der Waals surface area contributed by atoms with Crippen LogP contribution in [0.3, 0.4) is 0 Å². The largest absolute Gasteiger partial charge is 0.344 e. The van der Waals surface area contributed by atoms with Crippen LogP contribution >= 0.6 is 11.6 Å². The van der Waals surface area contributed by atoms with Crippen molar-refractivity contribution in [3.8, 4) is 0 Å². The van der Waals surface area contributed by atoms with Gasteiger partial charge in [-0.2, -0.15) is 0 Å². The number of hydrogen-bond acceptors (Lipinski definition) is 2. The normalized spacial score (nSPS) is 18.6. The lowest BCUT2D eigenvalue weighted by Crippen LogP contribution is -2.37. The third-order valence-electron chi connectivity index (χ3n) is 2.99. The van der Waals surface area contributed by atoms with Crippen molar-refractivity contribution in [1.82, 2.24) is 5.32 Å². The summed E-state index contributed by atoms with van der Waals surface area (Å²) in [5.74, 6) is -0.295. The maximum Gasteiger partial charge on any atom is 0.247 e. The number of aryl methyl sites for hydroxylation is 2. The van der Waals surface area contributed by atoms with Gasteiger partial charge in [0.05, 0.1) is 10.7 Å². The van der Waals surface area contributed by atoms with Crippen LogP contribution in [0, 0.1) is 13.8 Å². The molecule has 0 aliphatic carbocycles. The van der Waals surface area contributed by atoms with Gasteiger partial charge in [0.15, 0.2) is 0 Å². The van der Waals surface area contributed by atoms with Gasteiger partial charge < -0.3 is 10.6 Å². The Labute approximate surface area is 111 Å². The molecular formula is C13H15ClN2O2. The van der Waals surface area contributed by atoms with E-state index in [0.717, 1.165) is 11.1 Å². The summed E-state index contributed by atoms with van der Waals surface area (Å²) in [6.45, 7) is 3.84. The molecule has 96 valence electrons. The van der Waals surface area contributed by atoms with E-state index in [1.54, 1.807) is 6.07 Å². The Morgan fingerprint density at radius 2 is 2.17 bits per heavy atom. The highest BCUT2D eigenvalue weighted by Crippen LogP contribution is 2.27. The molecular weight excluding hydrogens is 252 g/mol. The van der Waals surface area contributed by atoms with Crippen LogP contribution in [0.1, 0.15) is 24.0 Å². The molecule has 1 aromatic carbocycles. The Morgan fingerprint density at radius 3 is 2.72 bits per heavy atom.